The smallest absolute Gasteiger partial charge is 0.314 e. The highest BCUT2D eigenvalue weighted by Crippen LogP contribution is 2.44. The molecule has 0 radical (unpaired) electrons. The number of hydrogen-bond donors (Lipinski definition) is 3. The van der Waals surface area contributed by atoms with Crippen LogP contribution in [0.4, 0.5) is 4.79 Å². The lowest BCUT2D eigenvalue weighted by Gasteiger charge is -2.42. The monoisotopic (exact) mass is 288 g/mol. The predicted octanol–water partition coefficient (Wildman–Crippen LogP) is 2.37. The molecule has 1 atom stereocenters. The van der Waals surface area contributed by atoms with Gasteiger partial charge in [-0.15, -0.1) is 0 Å². The quantitative estimate of drug-likeness (QED) is 0.642. The fraction of sp³-hybridized carbons (Fsp3) is 0.929. The Bertz CT molecular complexity index is 291. The lowest BCUT2D eigenvalue weighted by atomic mass is 9.66. The minimum absolute atomic E-state index is 0.163. The summed E-state index contributed by atoms with van der Waals surface area (Å²) >= 11 is 1.58. The van der Waals surface area contributed by atoms with Crippen LogP contribution in [0, 0.1) is 5.41 Å². The Balaban J connectivity index is 2.24. The number of urea groups is 1. The lowest BCUT2D eigenvalue weighted by molar-refractivity contribution is 0.0855. The number of carbonyl (C=O) groups is 1. The Kier molecular flexibility index (Phi) is 6.47. The average Bonchev–Trinajstić information content (AvgIpc) is 2.30. The van der Waals surface area contributed by atoms with Crippen LogP contribution >= 0.6 is 11.8 Å². The SMILES string of the molecule is CCCC1(CNC(=O)NCC(C)(O)CSC)CCC1. The third-order valence-corrected chi connectivity index (χ3v) is 4.81. The minimum atomic E-state index is -0.839. The maximum absolute atomic E-state index is 11.7. The average molecular weight is 288 g/mol. The van der Waals surface area contributed by atoms with E-state index in [0.29, 0.717) is 17.7 Å². The van der Waals surface area contributed by atoms with Crippen LogP contribution in [-0.2, 0) is 0 Å². The molecule has 0 saturated heterocycles. The summed E-state index contributed by atoms with van der Waals surface area (Å²) in [5.74, 6) is 0.618. The summed E-state index contributed by atoms with van der Waals surface area (Å²) < 4.78 is 0. The van der Waals surface area contributed by atoms with Crippen molar-refractivity contribution < 1.29 is 9.90 Å². The molecule has 0 spiro atoms. The number of rotatable bonds is 8. The van der Waals surface area contributed by atoms with Gasteiger partial charge in [0, 0.05) is 18.8 Å². The highest BCUT2D eigenvalue weighted by Gasteiger charge is 2.36. The highest BCUT2D eigenvalue weighted by atomic mass is 32.2. The summed E-state index contributed by atoms with van der Waals surface area (Å²) in [6, 6.07) is -0.163. The number of nitrogens with one attached hydrogen (secondary N) is 2. The van der Waals surface area contributed by atoms with Crippen molar-refractivity contribution >= 4 is 17.8 Å². The summed E-state index contributed by atoms with van der Waals surface area (Å²) in [4.78, 5) is 11.7. The topological polar surface area (TPSA) is 61.4 Å². The fourth-order valence-electron chi connectivity index (χ4n) is 2.69. The van der Waals surface area contributed by atoms with E-state index >= 15 is 0 Å². The normalized spacial score (nSPS) is 20.2. The first kappa shape index (κ1) is 16.6. The fourth-order valence-corrected chi connectivity index (χ4v) is 3.41. The molecular weight excluding hydrogens is 260 g/mol. The second kappa shape index (κ2) is 7.39. The Labute approximate surface area is 121 Å². The summed E-state index contributed by atoms with van der Waals surface area (Å²) in [5, 5.41) is 15.7. The molecule has 5 heteroatoms. The third kappa shape index (κ3) is 5.61. The first-order chi connectivity index (χ1) is 8.93. The van der Waals surface area contributed by atoms with Gasteiger partial charge in [0.15, 0.2) is 0 Å². The van der Waals surface area contributed by atoms with E-state index in [1.165, 1.54) is 32.1 Å². The number of hydrogen-bond acceptors (Lipinski definition) is 3. The molecule has 4 nitrogen and oxygen atoms in total. The summed E-state index contributed by atoms with van der Waals surface area (Å²) in [6.45, 7) is 4.99. The van der Waals surface area contributed by atoms with Gasteiger partial charge in [-0.2, -0.15) is 11.8 Å². The van der Waals surface area contributed by atoms with Crippen molar-refractivity contribution in [3.8, 4) is 0 Å². The van der Waals surface area contributed by atoms with Crippen molar-refractivity contribution in [3.63, 3.8) is 0 Å². The zero-order chi connectivity index (χ0) is 14.4. The van der Waals surface area contributed by atoms with Gasteiger partial charge in [0.2, 0.25) is 0 Å². The van der Waals surface area contributed by atoms with E-state index in [-0.39, 0.29) is 6.03 Å². The molecule has 1 aliphatic rings. The van der Waals surface area contributed by atoms with Crippen molar-refractivity contribution in [2.75, 3.05) is 25.1 Å². The van der Waals surface area contributed by atoms with Crippen LogP contribution in [0.25, 0.3) is 0 Å². The van der Waals surface area contributed by atoms with E-state index in [1.54, 1.807) is 18.7 Å². The van der Waals surface area contributed by atoms with Crippen molar-refractivity contribution in [1.82, 2.24) is 10.6 Å². The van der Waals surface area contributed by atoms with Crippen molar-refractivity contribution in [2.24, 2.45) is 5.41 Å². The predicted molar refractivity (Wildman–Crippen MR) is 81.6 cm³/mol. The van der Waals surface area contributed by atoms with Gasteiger partial charge in [0.05, 0.1) is 5.60 Å². The van der Waals surface area contributed by atoms with Crippen molar-refractivity contribution in [1.29, 1.82) is 0 Å². The van der Waals surface area contributed by atoms with Crippen LogP contribution in [0.15, 0.2) is 0 Å². The molecule has 1 aliphatic carbocycles. The van der Waals surface area contributed by atoms with Crippen LogP contribution in [0.3, 0.4) is 0 Å². The molecule has 19 heavy (non-hydrogen) atoms. The van der Waals surface area contributed by atoms with Gasteiger partial charge in [0.25, 0.3) is 0 Å². The molecule has 1 saturated carbocycles. The van der Waals surface area contributed by atoms with E-state index in [1.807, 2.05) is 6.26 Å². The first-order valence-corrected chi connectivity index (χ1v) is 8.55. The third-order valence-electron chi connectivity index (χ3n) is 3.90. The lowest BCUT2D eigenvalue weighted by Crippen LogP contribution is -2.49. The van der Waals surface area contributed by atoms with Gasteiger partial charge in [-0.3, -0.25) is 0 Å². The molecule has 0 aromatic heterocycles. The molecule has 0 aromatic rings. The number of amides is 2. The van der Waals surface area contributed by atoms with Gasteiger partial charge in [0.1, 0.15) is 0 Å². The molecule has 0 aliphatic heterocycles. The molecule has 3 N–H and O–H groups in total. The van der Waals surface area contributed by atoms with Crippen molar-refractivity contribution in [3.05, 3.63) is 0 Å². The van der Waals surface area contributed by atoms with Crippen LogP contribution < -0.4 is 10.6 Å². The van der Waals surface area contributed by atoms with Crippen LogP contribution in [0.2, 0.25) is 0 Å². The molecule has 1 fully saturated rings. The second-order valence-corrected chi connectivity index (χ2v) is 6.94. The van der Waals surface area contributed by atoms with Crippen molar-refractivity contribution in [2.45, 2.75) is 51.6 Å². The molecule has 0 bridgehead atoms. The Morgan fingerprint density at radius 1 is 1.42 bits per heavy atom. The van der Waals surface area contributed by atoms with Crippen LogP contribution in [0.1, 0.15) is 46.0 Å². The Hall–Kier alpha value is -0.420. The molecule has 2 amide bonds. The van der Waals surface area contributed by atoms with Gasteiger partial charge in [-0.05, 0) is 37.9 Å². The molecule has 0 aromatic carbocycles. The van der Waals surface area contributed by atoms with Gasteiger partial charge in [-0.1, -0.05) is 19.8 Å². The zero-order valence-electron chi connectivity index (χ0n) is 12.4. The molecule has 112 valence electrons. The highest BCUT2D eigenvalue weighted by molar-refractivity contribution is 7.98. The van der Waals surface area contributed by atoms with Gasteiger partial charge < -0.3 is 15.7 Å². The second-order valence-electron chi connectivity index (χ2n) is 6.07. The number of aliphatic hydroxyl groups is 1. The zero-order valence-corrected chi connectivity index (χ0v) is 13.2. The van der Waals surface area contributed by atoms with E-state index in [9.17, 15) is 9.90 Å². The van der Waals surface area contributed by atoms with E-state index < -0.39 is 5.60 Å². The number of carbonyl (C=O) groups excluding carboxylic acids is 1. The number of thioether (sulfide) groups is 1. The molecule has 1 unspecified atom stereocenters. The summed E-state index contributed by atoms with van der Waals surface area (Å²) in [6.07, 6.45) is 8.05. The summed E-state index contributed by atoms with van der Waals surface area (Å²) in [5.41, 5.74) is -0.498. The van der Waals surface area contributed by atoms with E-state index in [0.717, 1.165) is 6.54 Å². The minimum Gasteiger partial charge on any atom is -0.387 e. The maximum Gasteiger partial charge on any atom is 0.314 e. The molecular formula is C14H28N2O2S. The first-order valence-electron chi connectivity index (χ1n) is 7.16. The van der Waals surface area contributed by atoms with Gasteiger partial charge >= 0.3 is 6.03 Å². The molecule has 1 rings (SSSR count). The largest absolute Gasteiger partial charge is 0.387 e. The summed E-state index contributed by atoms with van der Waals surface area (Å²) in [7, 11) is 0. The Morgan fingerprint density at radius 2 is 2.11 bits per heavy atom. The Morgan fingerprint density at radius 3 is 2.58 bits per heavy atom. The van der Waals surface area contributed by atoms with Crippen LogP contribution in [0.5, 0.6) is 0 Å². The standard InChI is InChI=1S/C14H28N2O2S/c1-4-6-14(7-5-8-14)10-16-12(17)15-9-13(2,18)11-19-3/h18H,4-11H2,1-3H3,(H2,15,16,17). The van der Waals surface area contributed by atoms with Gasteiger partial charge in [-0.25, -0.2) is 4.79 Å². The molecule has 0 heterocycles. The van der Waals surface area contributed by atoms with E-state index in [2.05, 4.69) is 17.6 Å². The van der Waals surface area contributed by atoms with E-state index in [4.69, 9.17) is 0 Å². The maximum atomic E-state index is 11.7. The van der Waals surface area contributed by atoms with Crippen LogP contribution in [-0.4, -0.2) is 41.8 Å².